The molecule has 0 aliphatic carbocycles. The average molecular weight is 181 g/mol. The molecule has 0 N–H and O–H groups in total. The van der Waals surface area contributed by atoms with E-state index in [1.54, 1.807) is 0 Å². The predicted molar refractivity (Wildman–Crippen MR) is 54.8 cm³/mol. The van der Waals surface area contributed by atoms with E-state index in [-0.39, 0.29) is 0 Å². The Morgan fingerprint density at radius 2 is 1.57 bits per heavy atom. The van der Waals surface area contributed by atoms with E-state index in [2.05, 4.69) is 17.0 Å². The van der Waals surface area contributed by atoms with Crippen LogP contribution >= 0.6 is 0 Å². The van der Waals surface area contributed by atoms with Crippen molar-refractivity contribution in [1.82, 2.24) is 0 Å². The highest BCUT2D eigenvalue weighted by Crippen LogP contribution is 2.64. The summed E-state index contributed by atoms with van der Waals surface area (Å²) in [5.74, 6) is 1.92. The fourth-order valence-corrected chi connectivity index (χ4v) is 2.05. The molecule has 0 spiro atoms. The lowest BCUT2D eigenvalue weighted by Gasteiger charge is -2.16. The summed E-state index contributed by atoms with van der Waals surface area (Å²) in [7, 11) is 0. The second-order valence-electron chi connectivity index (χ2n) is 3.53. The molecule has 66 valence electrons. The molecule has 2 heteroatoms. The van der Waals surface area contributed by atoms with Crippen molar-refractivity contribution in [3.63, 3.8) is 0 Å². The Morgan fingerprint density at radius 1 is 0.786 bits per heavy atom. The molecule has 2 heterocycles. The van der Waals surface area contributed by atoms with Gasteiger partial charge in [0.15, 0.2) is 11.5 Å². The first-order valence-electron chi connectivity index (χ1n) is 4.65. The summed E-state index contributed by atoms with van der Waals surface area (Å²) < 4.78 is 5.77. The summed E-state index contributed by atoms with van der Waals surface area (Å²) in [6.45, 7) is 0. The zero-order valence-corrected chi connectivity index (χ0v) is 7.40. The molecule has 2 aliphatic rings. The molecule has 0 saturated heterocycles. The molecule has 4 rings (SSSR count). The van der Waals surface area contributed by atoms with Crippen LogP contribution in [0.2, 0.25) is 0 Å². The predicted octanol–water partition coefficient (Wildman–Crippen LogP) is 3.58. The quantitative estimate of drug-likeness (QED) is 0.384. The van der Waals surface area contributed by atoms with Crippen molar-refractivity contribution >= 4 is 17.1 Å². The van der Waals surface area contributed by atoms with E-state index in [1.807, 2.05) is 30.3 Å². The van der Waals surface area contributed by atoms with E-state index in [1.165, 1.54) is 11.4 Å². The van der Waals surface area contributed by atoms with E-state index >= 15 is 0 Å². The van der Waals surface area contributed by atoms with Crippen LogP contribution < -0.4 is 9.64 Å². The van der Waals surface area contributed by atoms with Crippen molar-refractivity contribution in [3.8, 4) is 11.5 Å². The Balaban J connectivity index is 2.03. The highest BCUT2D eigenvalue weighted by Gasteiger charge is 2.39. The Bertz CT molecular complexity index is 548. The van der Waals surface area contributed by atoms with E-state index in [9.17, 15) is 0 Å². The minimum atomic E-state index is 0.946. The Labute approximate surface area is 81.4 Å². The number of nitrogens with zero attached hydrogens (tertiary/aromatic N) is 1. The van der Waals surface area contributed by atoms with Gasteiger partial charge >= 0.3 is 0 Å². The maximum Gasteiger partial charge on any atom is 0.153 e. The van der Waals surface area contributed by atoms with Gasteiger partial charge in [0.2, 0.25) is 0 Å². The van der Waals surface area contributed by atoms with Gasteiger partial charge in [-0.25, -0.2) is 0 Å². The lowest BCUT2D eigenvalue weighted by Crippen LogP contribution is -1.97. The molecule has 0 fully saturated rings. The Kier molecular flexibility index (Phi) is 0.892. The zero-order chi connectivity index (χ0) is 9.12. The molecule has 0 amide bonds. The topological polar surface area (TPSA) is 12.2 Å². The molecule has 0 unspecified atom stereocenters. The van der Waals surface area contributed by atoms with Crippen LogP contribution in [0.15, 0.2) is 42.5 Å². The molecule has 2 nitrogen and oxygen atoms in total. The van der Waals surface area contributed by atoms with Gasteiger partial charge in [-0.15, -0.1) is 0 Å². The number of anilines is 3. The first-order chi connectivity index (χ1) is 6.95. The number of hydrogen-bond donors (Lipinski definition) is 0. The fourth-order valence-electron chi connectivity index (χ4n) is 2.05. The van der Waals surface area contributed by atoms with Crippen molar-refractivity contribution in [2.75, 3.05) is 4.90 Å². The molecule has 0 radical (unpaired) electrons. The van der Waals surface area contributed by atoms with Gasteiger partial charge in [0.25, 0.3) is 0 Å². The Morgan fingerprint density at radius 3 is 2.57 bits per heavy atom. The summed E-state index contributed by atoms with van der Waals surface area (Å²) in [5, 5.41) is 0. The summed E-state index contributed by atoms with van der Waals surface area (Å²) in [6.07, 6.45) is 0. The van der Waals surface area contributed by atoms with Gasteiger partial charge in [0.1, 0.15) is 5.69 Å². The maximum absolute atomic E-state index is 5.77. The number of hydrogen-bond acceptors (Lipinski definition) is 2. The van der Waals surface area contributed by atoms with Gasteiger partial charge in [-0.2, -0.15) is 0 Å². The van der Waals surface area contributed by atoms with Crippen molar-refractivity contribution in [3.05, 3.63) is 42.5 Å². The number of rotatable bonds is 0. The largest absolute Gasteiger partial charge is 0.453 e. The fraction of sp³-hybridized carbons (Fsp3) is 0. The van der Waals surface area contributed by atoms with Crippen molar-refractivity contribution in [2.24, 2.45) is 0 Å². The zero-order valence-electron chi connectivity index (χ0n) is 7.40. The Hall–Kier alpha value is -1.96. The molecule has 0 atom stereocenters. The lowest BCUT2D eigenvalue weighted by atomic mass is 10.2. The SMILES string of the molecule is c1ccc2c(c1)Oc1cccc3c1N23. The number of para-hydroxylation sites is 3. The number of fused-ring (bicyclic) bond motifs is 3. The second-order valence-corrected chi connectivity index (χ2v) is 3.53. The van der Waals surface area contributed by atoms with Gasteiger partial charge in [0, 0.05) is 0 Å². The minimum Gasteiger partial charge on any atom is -0.453 e. The molecule has 2 aliphatic heterocycles. The molecule has 0 saturated carbocycles. The van der Waals surface area contributed by atoms with Crippen molar-refractivity contribution in [2.45, 2.75) is 0 Å². The van der Waals surface area contributed by atoms with Gasteiger partial charge in [-0.05, 0) is 24.3 Å². The number of benzene rings is 2. The molecular weight excluding hydrogens is 174 g/mol. The third-order valence-corrected chi connectivity index (χ3v) is 2.72. The van der Waals surface area contributed by atoms with Crippen LogP contribution in [-0.4, -0.2) is 0 Å². The van der Waals surface area contributed by atoms with Gasteiger partial charge < -0.3 is 4.74 Å². The maximum atomic E-state index is 5.77. The normalized spacial score (nSPS) is 14.1. The van der Waals surface area contributed by atoms with Crippen LogP contribution in [0.25, 0.3) is 0 Å². The molecule has 14 heavy (non-hydrogen) atoms. The first-order valence-corrected chi connectivity index (χ1v) is 4.65. The van der Waals surface area contributed by atoms with Crippen molar-refractivity contribution < 1.29 is 4.74 Å². The first kappa shape index (κ1) is 6.49. The van der Waals surface area contributed by atoms with E-state index in [4.69, 9.17) is 4.74 Å². The standard InChI is InChI=1S/C12H7NO/c1-2-6-10-8(4-1)13-9-5-3-7-11(14-10)12(9)13/h1-7H. The molecule has 2 aromatic carbocycles. The molecule has 0 bridgehead atoms. The third kappa shape index (κ3) is 0.598. The van der Waals surface area contributed by atoms with Gasteiger partial charge in [-0.3, -0.25) is 4.90 Å². The van der Waals surface area contributed by atoms with Gasteiger partial charge in [0.05, 0.1) is 11.4 Å². The van der Waals surface area contributed by atoms with Crippen molar-refractivity contribution in [1.29, 1.82) is 0 Å². The van der Waals surface area contributed by atoms with Crippen LogP contribution in [-0.2, 0) is 0 Å². The lowest BCUT2D eigenvalue weighted by molar-refractivity contribution is 0.483. The van der Waals surface area contributed by atoms with E-state index in [0.717, 1.165) is 17.2 Å². The molecule has 2 aromatic rings. The smallest absolute Gasteiger partial charge is 0.153 e. The molecular formula is C12H7NO. The third-order valence-electron chi connectivity index (χ3n) is 2.72. The summed E-state index contributed by atoms with van der Waals surface area (Å²) in [4.78, 5) is 2.23. The number of ether oxygens (including phenoxy) is 1. The van der Waals surface area contributed by atoms with Crippen LogP contribution in [0.4, 0.5) is 17.1 Å². The van der Waals surface area contributed by atoms with Crippen LogP contribution in [0.3, 0.4) is 0 Å². The summed E-state index contributed by atoms with van der Waals surface area (Å²) in [6, 6.07) is 14.3. The van der Waals surface area contributed by atoms with Crippen LogP contribution in [0.5, 0.6) is 11.5 Å². The highest BCUT2D eigenvalue weighted by molar-refractivity contribution is 6.07. The van der Waals surface area contributed by atoms with Crippen LogP contribution in [0.1, 0.15) is 0 Å². The average Bonchev–Trinajstić information content (AvgIpc) is 2.95. The second kappa shape index (κ2) is 1.93. The van der Waals surface area contributed by atoms with E-state index < -0.39 is 0 Å². The van der Waals surface area contributed by atoms with Gasteiger partial charge in [-0.1, -0.05) is 18.2 Å². The summed E-state index contributed by atoms with van der Waals surface area (Å²) in [5.41, 5.74) is 3.65. The van der Waals surface area contributed by atoms with E-state index in [0.29, 0.717) is 0 Å². The van der Waals surface area contributed by atoms with Crippen LogP contribution in [0, 0.1) is 0 Å². The minimum absolute atomic E-state index is 0.946. The molecule has 0 aromatic heterocycles. The summed E-state index contributed by atoms with van der Waals surface area (Å²) >= 11 is 0. The highest BCUT2D eigenvalue weighted by atomic mass is 16.5. The monoisotopic (exact) mass is 181 g/mol.